The predicted octanol–water partition coefficient (Wildman–Crippen LogP) is 2.92. The molecule has 1 saturated carbocycles. The first-order valence-corrected chi connectivity index (χ1v) is 7.05. The zero-order valence-corrected chi connectivity index (χ0v) is 12.4. The van der Waals surface area contributed by atoms with Crippen molar-refractivity contribution in [3.8, 4) is 0 Å². The number of halogens is 1. The summed E-state index contributed by atoms with van der Waals surface area (Å²) in [4.78, 5) is 25.5. The Morgan fingerprint density at radius 2 is 2.22 bits per heavy atom. The molecule has 98 valence electrons. The predicted molar refractivity (Wildman–Crippen MR) is 73.2 cm³/mol. The standard InChI is InChI=1S/C11H13BrN2O3S/c1-14(6-3-4-6)11(16)13-7-5-8(12)18-9(7)10(15)17-2/h5-6H,3-4H2,1-2H3,(H,13,16). The van der Waals surface area contributed by atoms with Crippen molar-refractivity contribution >= 4 is 45.0 Å². The van der Waals surface area contributed by atoms with E-state index in [0.29, 0.717) is 16.6 Å². The molecule has 0 bridgehead atoms. The fourth-order valence-corrected chi connectivity index (χ4v) is 3.00. The van der Waals surface area contributed by atoms with Gasteiger partial charge in [0.15, 0.2) is 0 Å². The lowest BCUT2D eigenvalue weighted by atomic mass is 10.4. The minimum atomic E-state index is -0.449. The van der Waals surface area contributed by atoms with Crippen LogP contribution in [-0.2, 0) is 4.74 Å². The molecule has 0 saturated heterocycles. The molecule has 0 spiro atoms. The summed E-state index contributed by atoms with van der Waals surface area (Å²) in [5.74, 6) is -0.449. The maximum atomic E-state index is 11.9. The number of carbonyl (C=O) groups is 2. The molecule has 1 aromatic heterocycles. The van der Waals surface area contributed by atoms with Gasteiger partial charge in [0.1, 0.15) is 4.88 Å². The van der Waals surface area contributed by atoms with Crippen LogP contribution in [0, 0.1) is 0 Å². The van der Waals surface area contributed by atoms with Gasteiger partial charge in [-0.05, 0) is 34.8 Å². The third-order valence-electron chi connectivity index (χ3n) is 2.73. The number of methoxy groups -OCH3 is 1. The van der Waals surface area contributed by atoms with Crippen LogP contribution < -0.4 is 5.32 Å². The summed E-state index contributed by atoms with van der Waals surface area (Å²) in [5.41, 5.74) is 0.483. The molecule has 1 fully saturated rings. The third-order valence-corrected chi connectivity index (χ3v) is 4.35. The number of esters is 1. The molecular formula is C11H13BrN2O3S. The van der Waals surface area contributed by atoms with E-state index in [-0.39, 0.29) is 6.03 Å². The van der Waals surface area contributed by atoms with Crippen LogP contribution >= 0.6 is 27.3 Å². The minimum absolute atomic E-state index is 0.201. The van der Waals surface area contributed by atoms with E-state index < -0.39 is 5.97 Å². The number of ether oxygens (including phenoxy) is 1. The Bertz CT molecular complexity index is 485. The number of thiophene rings is 1. The fourth-order valence-electron chi connectivity index (χ4n) is 1.53. The second-order valence-electron chi connectivity index (χ2n) is 4.06. The lowest BCUT2D eigenvalue weighted by Crippen LogP contribution is -2.33. The number of urea groups is 1. The highest BCUT2D eigenvalue weighted by Gasteiger charge is 2.30. The number of carbonyl (C=O) groups excluding carboxylic acids is 2. The van der Waals surface area contributed by atoms with Crippen LogP contribution in [0.15, 0.2) is 9.85 Å². The van der Waals surface area contributed by atoms with Gasteiger partial charge in [0.25, 0.3) is 0 Å². The van der Waals surface area contributed by atoms with Gasteiger partial charge in [0.2, 0.25) is 0 Å². The molecule has 1 aliphatic rings. The van der Waals surface area contributed by atoms with E-state index in [1.54, 1.807) is 18.0 Å². The fraction of sp³-hybridized carbons (Fsp3) is 0.455. The van der Waals surface area contributed by atoms with Crippen LogP contribution in [-0.4, -0.2) is 37.1 Å². The molecule has 0 aliphatic heterocycles. The topological polar surface area (TPSA) is 58.6 Å². The van der Waals surface area contributed by atoms with Crippen molar-refractivity contribution in [1.29, 1.82) is 0 Å². The van der Waals surface area contributed by atoms with E-state index in [0.717, 1.165) is 16.6 Å². The Kier molecular flexibility index (Phi) is 3.91. The summed E-state index contributed by atoms with van der Waals surface area (Å²) < 4.78 is 5.45. The Balaban J connectivity index is 2.12. The van der Waals surface area contributed by atoms with Gasteiger partial charge in [-0.2, -0.15) is 0 Å². The number of anilines is 1. The van der Waals surface area contributed by atoms with Crippen molar-refractivity contribution in [2.24, 2.45) is 0 Å². The first-order valence-electron chi connectivity index (χ1n) is 5.44. The van der Waals surface area contributed by atoms with Gasteiger partial charge in [0.05, 0.1) is 16.6 Å². The van der Waals surface area contributed by atoms with Crippen LogP contribution in [0.1, 0.15) is 22.5 Å². The molecule has 2 rings (SSSR count). The number of hydrogen-bond donors (Lipinski definition) is 1. The highest BCUT2D eigenvalue weighted by atomic mass is 79.9. The normalized spacial score (nSPS) is 14.2. The lowest BCUT2D eigenvalue weighted by molar-refractivity contribution is 0.0607. The Hall–Kier alpha value is -1.08. The molecule has 1 N–H and O–H groups in total. The maximum absolute atomic E-state index is 11.9. The first kappa shape index (κ1) is 13.4. The van der Waals surface area contributed by atoms with Gasteiger partial charge < -0.3 is 15.0 Å². The zero-order chi connectivity index (χ0) is 13.3. The van der Waals surface area contributed by atoms with Crippen molar-refractivity contribution < 1.29 is 14.3 Å². The van der Waals surface area contributed by atoms with Crippen LogP contribution in [0.4, 0.5) is 10.5 Å². The van der Waals surface area contributed by atoms with Gasteiger partial charge in [-0.1, -0.05) is 0 Å². The Morgan fingerprint density at radius 1 is 1.56 bits per heavy atom. The van der Waals surface area contributed by atoms with Gasteiger partial charge in [0, 0.05) is 13.1 Å². The summed E-state index contributed by atoms with van der Waals surface area (Å²) in [5, 5.41) is 2.73. The second-order valence-corrected chi connectivity index (χ2v) is 6.49. The molecule has 0 atom stereocenters. The molecule has 5 nitrogen and oxygen atoms in total. The van der Waals surface area contributed by atoms with Crippen LogP contribution in [0.5, 0.6) is 0 Å². The molecule has 7 heteroatoms. The van der Waals surface area contributed by atoms with Gasteiger partial charge in [-0.3, -0.25) is 0 Å². The monoisotopic (exact) mass is 332 g/mol. The largest absolute Gasteiger partial charge is 0.465 e. The summed E-state index contributed by atoms with van der Waals surface area (Å²) in [6.45, 7) is 0. The Labute approximate surface area is 117 Å². The smallest absolute Gasteiger partial charge is 0.350 e. The van der Waals surface area contributed by atoms with Crippen LogP contribution in [0.3, 0.4) is 0 Å². The van der Waals surface area contributed by atoms with E-state index in [1.807, 2.05) is 0 Å². The zero-order valence-electron chi connectivity index (χ0n) is 10.0. The van der Waals surface area contributed by atoms with Crippen molar-refractivity contribution in [1.82, 2.24) is 4.90 Å². The molecule has 2 amide bonds. The van der Waals surface area contributed by atoms with Crippen molar-refractivity contribution in [2.45, 2.75) is 18.9 Å². The number of nitrogens with zero attached hydrogens (tertiary/aromatic N) is 1. The van der Waals surface area contributed by atoms with Crippen molar-refractivity contribution in [3.05, 3.63) is 14.7 Å². The first-order chi connectivity index (χ1) is 8.52. The van der Waals surface area contributed by atoms with Crippen molar-refractivity contribution in [2.75, 3.05) is 19.5 Å². The molecule has 0 unspecified atom stereocenters. The number of rotatable bonds is 3. The summed E-state index contributed by atoms with van der Waals surface area (Å²) in [7, 11) is 3.07. The number of hydrogen-bond acceptors (Lipinski definition) is 4. The lowest BCUT2D eigenvalue weighted by Gasteiger charge is -2.16. The van der Waals surface area contributed by atoms with E-state index >= 15 is 0 Å². The molecule has 1 aliphatic carbocycles. The molecule has 1 aromatic rings. The second kappa shape index (κ2) is 5.27. The maximum Gasteiger partial charge on any atom is 0.350 e. The molecular weight excluding hydrogens is 320 g/mol. The average molecular weight is 333 g/mol. The van der Waals surface area contributed by atoms with E-state index in [4.69, 9.17) is 0 Å². The summed E-state index contributed by atoms with van der Waals surface area (Å²) in [6.07, 6.45) is 2.09. The molecule has 0 radical (unpaired) electrons. The number of amides is 2. The van der Waals surface area contributed by atoms with Crippen LogP contribution in [0.25, 0.3) is 0 Å². The highest BCUT2D eigenvalue weighted by Crippen LogP contribution is 2.33. The molecule has 18 heavy (non-hydrogen) atoms. The average Bonchev–Trinajstić information content (AvgIpc) is 3.12. The van der Waals surface area contributed by atoms with Gasteiger partial charge in [-0.15, -0.1) is 11.3 Å². The van der Waals surface area contributed by atoms with E-state index in [9.17, 15) is 9.59 Å². The molecule has 0 aromatic carbocycles. The summed E-state index contributed by atoms with van der Waals surface area (Å²) in [6, 6.07) is 1.83. The SMILES string of the molecule is COC(=O)c1sc(Br)cc1NC(=O)N(C)C1CC1. The minimum Gasteiger partial charge on any atom is -0.465 e. The highest BCUT2D eigenvalue weighted by molar-refractivity contribution is 9.11. The third kappa shape index (κ3) is 2.84. The van der Waals surface area contributed by atoms with Crippen LogP contribution in [0.2, 0.25) is 0 Å². The number of nitrogens with one attached hydrogen (secondary N) is 1. The van der Waals surface area contributed by atoms with E-state index in [1.165, 1.54) is 18.4 Å². The Morgan fingerprint density at radius 3 is 2.78 bits per heavy atom. The van der Waals surface area contributed by atoms with E-state index in [2.05, 4.69) is 26.0 Å². The van der Waals surface area contributed by atoms with Crippen molar-refractivity contribution in [3.63, 3.8) is 0 Å². The van der Waals surface area contributed by atoms with Gasteiger partial charge >= 0.3 is 12.0 Å². The quantitative estimate of drug-likeness (QED) is 0.866. The van der Waals surface area contributed by atoms with Gasteiger partial charge in [-0.25, -0.2) is 9.59 Å². The molecule has 1 heterocycles. The summed E-state index contributed by atoms with van der Waals surface area (Å²) >= 11 is 4.53.